The summed E-state index contributed by atoms with van der Waals surface area (Å²) in [5, 5.41) is 0.329. The van der Waals surface area contributed by atoms with Crippen LogP contribution in [0.15, 0.2) is 50.2 Å². The van der Waals surface area contributed by atoms with Crippen molar-refractivity contribution in [1.29, 1.82) is 0 Å². The lowest BCUT2D eigenvalue weighted by Crippen LogP contribution is -2.13. The van der Waals surface area contributed by atoms with Gasteiger partial charge in [-0.25, -0.2) is 8.42 Å². The Hall–Kier alpha value is -0.600. The van der Waals surface area contributed by atoms with Crippen LogP contribution in [0.1, 0.15) is 5.56 Å². The number of halogens is 3. The lowest BCUT2D eigenvalue weighted by molar-refractivity contribution is 0.601. The van der Waals surface area contributed by atoms with E-state index in [0.29, 0.717) is 20.7 Å². The maximum atomic E-state index is 12.4. The molecule has 21 heavy (non-hydrogen) atoms. The van der Waals surface area contributed by atoms with E-state index in [1.807, 2.05) is 0 Å². The normalized spacial score (nSPS) is 11.4. The zero-order chi connectivity index (χ0) is 15.6. The SMILES string of the molecule is NCc1ccc(S(=O)(=O)Nc2ccc(Br)cc2Br)cc1Cl. The molecule has 4 nitrogen and oxygen atoms in total. The number of rotatable bonds is 4. The Morgan fingerprint density at radius 1 is 1.14 bits per heavy atom. The molecule has 2 aromatic rings. The zero-order valence-electron chi connectivity index (χ0n) is 10.6. The zero-order valence-corrected chi connectivity index (χ0v) is 15.4. The fraction of sp³-hybridized carbons (Fsp3) is 0.0769. The Morgan fingerprint density at radius 3 is 2.43 bits per heavy atom. The Balaban J connectivity index is 2.36. The number of anilines is 1. The van der Waals surface area contributed by atoms with Crippen molar-refractivity contribution in [3.8, 4) is 0 Å². The first-order chi connectivity index (χ1) is 9.83. The van der Waals surface area contributed by atoms with Gasteiger partial charge < -0.3 is 5.73 Å². The van der Waals surface area contributed by atoms with E-state index >= 15 is 0 Å². The Kier molecular flexibility index (Phi) is 5.32. The van der Waals surface area contributed by atoms with Gasteiger partial charge in [0, 0.05) is 20.5 Å². The number of nitrogens with two attached hydrogens (primary N) is 1. The maximum absolute atomic E-state index is 12.4. The number of sulfonamides is 1. The van der Waals surface area contributed by atoms with Gasteiger partial charge in [-0.3, -0.25) is 4.72 Å². The third kappa shape index (κ3) is 3.98. The van der Waals surface area contributed by atoms with Crippen LogP contribution < -0.4 is 10.5 Å². The van der Waals surface area contributed by atoms with Crippen LogP contribution in [0.2, 0.25) is 5.02 Å². The van der Waals surface area contributed by atoms with E-state index in [1.54, 1.807) is 24.3 Å². The minimum Gasteiger partial charge on any atom is -0.326 e. The van der Waals surface area contributed by atoms with Gasteiger partial charge in [-0.2, -0.15) is 0 Å². The first kappa shape index (κ1) is 16.8. The van der Waals surface area contributed by atoms with Crippen LogP contribution in [0.5, 0.6) is 0 Å². The molecule has 8 heteroatoms. The molecule has 0 bridgehead atoms. The van der Waals surface area contributed by atoms with Crippen LogP contribution in [0, 0.1) is 0 Å². The largest absolute Gasteiger partial charge is 0.326 e. The number of benzene rings is 2. The van der Waals surface area contributed by atoms with Crippen LogP contribution in [0.3, 0.4) is 0 Å². The van der Waals surface area contributed by atoms with E-state index < -0.39 is 10.0 Å². The van der Waals surface area contributed by atoms with Crippen LogP contribution in [0.4, 0.5) is 5.69 Å². The molecule has 0 radical (unpaired) electrons. The predicted molar refractivity (Wildman–Crippen MR) is 92.0 cm³/mol. The molecule has 2 aromatic carbocycles. The Labute approximate surface area is 145 Å². The molecular weight excluding hydrogens is 443 g/mol. The average molecular weight is 455 g/mol. The summed E-state index contributed by atoms with van der Waals surface area (Å²) in [5.41, 5.74) is 6.64. The van der Waals surface area contributed by atoms with Gasteiger partial charge >= 0.3 is 0 Å². The van der Waals surface area contributed by atoms with Crippen molar-refractivity contribution in [2.75, 3.05) is 4.72 Å². The highest BCUT2D eigenvalue weighted by Gasteiger charge is 2.17. The highest BCUT2D eigenvalue weighted by Crippen LogP contribution is 2.29. The van der Waals surface area contributed by atoms with E-state index in [2.05, 4.69) is 36.6 Å². The minimum absolute atomic E-state index is 0.0829. The minimum atomic E-state index is -3.72. The number of hydrogen-bond acceptors (Lipinski definition) is 3. The second kappa shape index (κ2) is 6.66. The Bertz CT molecular complexity index is 782. The molecule has 0 aliphatic rings. The van der Waals surface area contributed by atoms with Crippen LogP contribution in [0.25, 0.3) is 0 Å². The lowest BCUT2D eigenvalue weighted by atomic mass is 10.2. The second-order valence-electron chi connectivity index (χ2n) is 4.19. The van der Waals surface area contributed by atoms with Gasteiger partial charge in [0.1, 0.15) is 0 Å². The summed E-state index contributed by atoms with van der Waals surface area (Å²) in [6, 6.07) is 9.62. The van der Waals surface area contributed by atoms with Gasteiger partial charge in [-0.1, -0.05) is 33.6 Å². The molecule has 0 heterocycles. The molecule has 0 aliphatic carbocycles. The monoisotopic (exact) mass is 452 g/mol. The van der Waals surface area contributed by atoms with Crippen molar-refractivity contribution in [3.05, 3.63) is 55.9 Å². The van der Waals surface area contributed by atoms with Crippen molar-refractivity contribution in [3.63, 3.8) is 0 Å². The van der Waals surface area contributed by atoms with Gasteiger partial charge in [0.15, 0.2) is 0 Å². The molecule has 0 atom stereocenters. The average Bonchev–Trinajstić information content (AvgIpc) is 2.42. The van der Waals surface area contributed by atoms with Crippen molar-refractivity contribution in [2.45, 2.75) is 11.4 Å². The summed E-state index contributed by atoms with van der Waals surface area (Å²) in [7, 11) is -3.72. The molecule has 0 saturated carbocycles. The number of hydrogen-bond donors (Lipinski definition) is 2. The van der Waals surface area contributed by atoms with Crippen molar-refractivity contribution < 1.29 is 8.42 Å². The molecule has 0 aliphatic heterocycles. The fourth-order valence-electron chi connectivity index (χ4n) is 1.64. The molecule has 0 aromatic heterocycles. The number of nitrogens with one attached hydrogen (secondary N) is 1. The quantitative estimate of drug-likeness (QED) is 0.730. The standard InChI is InChI=1S/C13H11Br2ClN2O2S/c14-9-2-4-13(11(15)5-9)18-21(19,20)10-3-1-8(7-17)12(16)6-10/h1-6,18H,7,17H2. The summed E-state index contributed by atoms with van der Waals surface area (Å²) in [5.74, 6) is 0. The highest BCUT2D eigenvalue weighted by molar-refractivity contribution is 9.11. The van der Waals surface area contributed by atoms with Gasteiger partial charge in [-0.05, 0) is 51.8 Å². The molecule has 0 spiro atoms. The van der Waals surface area contributed by atoms with Gasteiger partial charge in [0.25, 0.3) is 10.0 Å². The molecule has 3 N–H and O–H groups in total. The first-order valence-electron chi connectivity index (χ1n) is 5.80. The van der Waals surface area contributed by atoms with Crippen molar-refractivity contribution in [2.24, 2.45) is 5.73 Å². The third-order valence-corrected chi connectivity index (χ3v) is 5.59. The van der Waals surface area contributed by atoms with E-state index in [4.69, 9.17) is 17.3 Å². The molecular formula is C13H11Br2ClN2O2S. The van der Waals surface area contributed by atoms with Crippen LogP contribution in [-0.4, -0.2) is 8.42 Å². The summed E-state index contributed by atoms with van der Waals surface area (Å²) in [6.45, 7) is 0.255. The van der Waals surface area contributed by atoms with E-state index in [1.165, 1.54) is 12.1 Å². The summed E-state index contributed by atoms with van der Waals surface area (Å²) in [4.78, 5) is 0.0829. The topological polar surface area (TPSA) is 72.2 Å². The van der Waals surface area contributed by atoms with Gasteiger partial charge in [-0.15, -0.1) is 0 Å². The van der Waals surface area contributed by atoms with E-state index in [0.717, 1.165) is 4.47 Å². The fourth-order valence-corrected chi connectivity index (χ4v) is 4.34. The predicted octanol–water partition coefficient (Wildman–Crippen LogP) is 4.12. The van der Waals surface area contributed by atoms with Crippen LogP contribution in [-0.2, 0) is 16.6 Å². The van der Waals surface area contributed by atoms with Gasteiger partial charge in [0.05, 0.1) is 10.6 Å². The first-order valence-corrected chi connectivity index (χ1v) is 9.24. The molecule has 0 unspecified atom stereocenters. The van der Waals surface area contributed by atoms with E-state index in [9.17, 15) is 8.42 Å². The highest BCUT2D eigenvalue weighted by atomic mass is 79.9. The van der Waals surface area contributed by atoms with Crippen molar-refractivity contribution in [1.82, 2.24) is 0 Å². The third-order valence-electron chi connectivity index (χ3n) is 2.73. The summed E-state index contributed by atoms with van der Waals surface area (Å²) >= 11 is 12.6. The molecule has 112 valence electrons. The Morgan fingerprint density at radius 2 is 1.86 bits per heavy atom. The van der Waals surface area contributed by atoms with Crippen molar-refractivity contribution >= 4 is 59.2 Å². The summed E-state index contributed by atoms with van der Waals surface area (Å²) < 4.78 is 28.7. The maximum Gasteiger partial charge on any atom is 0.261 e. The molecule has 0 fully saturated rings. The lowest BCUT2D eigenvalue weighted by Gasteiger charge is -2.11. The molecule has 2 rings (SSSR count). The van der Waals surface area contributed by atoms with Gasteiger partial charge in [0.2, 0.25) is 0 Å². The summed E-state index contributed by atoms with van der Waals surface area (Å²) in [6.07, 6.45) is 0. The smallest absolute Gasteiger partial charge is 0.261 e. The van der Waals surface area contributed by atoms with Crippen LogP contribution >= 0.6 is 43.5 Å². The molecule has 0 saturated heterocycles. The van der Waals surface area contributed by atoms with E-state index in [-0.39, 0.29) is 11.4 Å². The second-order valence-corrected chi connectivity index (χ2v) is 8.05. The molecule has 0 amide bonds.